The van der Waals surface area contributed by atoms with E-state index >= 15 is 0 Å². The molecule has 0 aromatic carbocycles. The second-order valence-electron chi connectivity index (χ2n) is 4.09. The molecule has 0 spiro atoms. The molecule has 0 aromatic rings. The van der Waals surface area contributed by atoms with Crippen molar-refractivity contribution in [2.24, 2.45) is 5.92 Å². The molecule has 4 heteroatoms. The van der Waals surface area contributed by atoms with Crippen LogP contribution >= 0.6 is 0 Å². The molecule has 82 valence electrons. The monoisotopic (exact) mass is 199 g/mol. The van der Waals surface area contributed by atoms with Gasteiger partial charge < -0.3 is 15.5 Å². The van der Waals surface area contributed by atoms with Crippen molar-refractivity contribution in [3.05, 3.63) is 0 Å². The van der Waals surface area contributed by atoms with Gasteiger partial charge in [-0.05, 0) is 12.8 Å². The molecule has 4 nitrogen and oxygen atoms in total. The molecular weight excluding hydrogens is 178 g/mol. The lowest BCUT2D eigenvalue weighted by Crippen LogP contribution is -2.56. The number of urea groups is 1. The van der Waals surface area contributed by atoms with Gasteiger partial charge in [-0.2, -0.15) is 0 Å². The van der Waals surface area contributed by atoms with Crippen LogP contribution in [0, 0.1) is 5.92 Å². The smallest absolute Gasteiger partial charge is 0.317 e. The van der Waals surface area contributed by atoms with Crippen LogP contribution in [-0.2, 0) is 0 Å². The first-order valence-corrected chi connectivity index (χ1v) is 5.41. The number of carbonyl (C=O) groups excluding carboxylic acids is 1. The fraction of sp³-hybridized carbons (Fsp3) is 0.900. The molecule has 1 aliphatic heterocycles. The fourth-order valence-corrected chi connectivity index (χ4v) is 1.67. The van der Waals surface area contributed by atoms with E-state index < -0.39 is 0 Å². The van der Waals surface area contributed by atoms with Gasteiger partial charge >= 0.3 is 6.03 Å². The fourth-order valence-electron chi connectivity index (χ4n) is 1.67. The molecular formula is C10H21N3O. The Morgan fingerprint density at radius 1 is 1.64 bits per heavy atom. The van der Waals surface area contributed by atoms with E-state index in [1.165, 1.54) is 0 Å². The summed E-state index contributed by atoms with van der Waals surface area (Å²) in [4.78, 5) is 13.4. The summed E-state index contributed by atoms with van der Waals surface area (Å²) in [6.07, 6.45) is 0. The van der Waals surface area contributed by atoms with Crippen LogP contribution < -0.4 is 10.6 Å². The molecule has 14 heavy (non-hydrogen) atoms. The van der Waals surface area contributed by atoms with E-state index in [9.17, 15) is 4.79 Å². The predicted molar refractivity (Wildman–Crippen MR) is 57.3 cm³/mol. The van der Waals surface area contributed by atoms with Gasteiger partial charge in [0.1, 0.15) is 0 Å². The van der Waals surface area contributed by atoms with Gasteiger partial charge in [0.2, 0.25) is 0 Å². The van der Waals surface area contributed by atoms with Gasteiger partial charge in [-0.3, -0.25) is 0 Å². The number of hydrogen-bond acceptors (Lipinski definition) is 2. The first-order chi connectivity index (χ1) is 6.65. The highest BCUT2D eigenvalue weighted by Crippen LogP contribution is 2.07. The Morgan fingerprint density at radius 3 is 2.93 bits per heavy atom. The van der Waals surface area contributed by atoms with Crippen LogP contribution in [-0.4, -0.2) is 43.2 Å². The number of hydrogen-bond donors (Lipinski definition) is 2. The Labute approximate surface area is 86.0 Å². The van der Waals surface area contributed by atoms with E-state index in [0.717, 1.165) is 19.6 Å². The lowest BCUT2D eigenvalue weighted by molar-refractivity contribution is 0.166. The maximum Gasteiger partial charge on any atom is 0.317 e. The van der Waals surface area contributed by atoms with Crippen LogP contribution in [0.15, 0.2) is 0 Å². The van der Waals surface area contributed by atoms with Crippen molar-refractivity contribution in [2.75, 3.05) is 26.2 Å². The van der Waals surface area contributed by atoms with Crippen molar-refractivity contribution >= 4 is 6.03 Å². The third-order valence-corrected chi connectivity index (χ3v) is 2.63. The van der Waals surface area contributed by atoms with Crippen molar-refractivity contribution < 1.29 is 4.79 Å². The Balaban J connectivity index is 2.43. The van der Waals surface area contributed by atoms with Crippen molar-refractivity contribution in [2.45, 2.75) is 26.8 Å². The predicted octanol–water partition coefficient (Wildman–Crippen LogP) is 0.646. The van der Waals surface area contributed by atoms with Crippen LogP contribution in [0.4, 0.5) is 4.79 Å². The van der Waals surface area contributed by atoms with Gasteiger partial charge in [0.25, 0.3) is 0 Å². The zero-order valence-electron chi connectivity index (χ0n) is 9.34. The number of nitrogens with one attached hydrogen (secondary N) is 2. The highest BCUT2D eigenvalue weighted by molar-refractivity contribution is 5.74. The maximum absolute atomic E-state index is 11.6. The molecule has 0 bridgehead atoms. The minimum Gasteiger partial charge on any atom is -0.338 e. The molecule has 1 saturated heterocycles. The van der Waals surface area contributed by atoms with Crippen LogP contribution in [0.2, 0.25) is 0 Å². The zero-order valence-corrected chi connectivity index (χ0v) is 9.34. The molecule has 2 amide bonds. The molecule has 1 atom stereocenters. The average Bonchev–Trinajstić information content (AvgIpc) is 2.18. The van der Waals surface area contributed by atoms with Crippen LogP contribution in [0.25, 0.3) is 0 Å². The maximum atomic E-state index is 11.6. The summed E-state index contributed by atoms with van der Waals surface area (Å²) in [6.45, 7) is 9.55. The summed E-state index contributed by atoms with van der Waals surface area (Å²) in [5, 5.41) is 6.26. The van der Waals surface area contributed by atoms with Crippen LogP contribution in [0.5, 0.6) is 0 Å². The highest BCUT2D eigenvalue weighted by atomic mass is 16.2. The van der Waals surface area contributed by atoms with E-state index in [4.69, 9.17) is 0 Å². The Kier molecular flexibility index (Phi) is 4.20. The summed E-state index contributed by atoms with van der Waals surface area (Å²) in [5.74, 6) is 0.576. The normalized spacial score (nSPS) is 22.6. The van der Waals surface area contributed by atoms with Gasteiger partial charge in [0, 0.05) is 32.2 Å². The average molecular weight is 199 g/mol. The van der Waals surface area contributed by atoms with E-state index in [-0.39, 0.29) is 6.03 Å². The van der Waals surface area contributed by atoms with Crippen molar-refractivity contribution in [1.29, 1.82) is 0 Å². The number of amides is 2. The van der Waals surface area contributed by atoms with E-state index in [1.54, 1.807) is 0 Å². The van der Waals surface area contributed by atoms with Gasteiger partial charge in [-0.25, -0.2) is 4.79 Å². The molecule has 0 aromatic heterocycles. The van der Waals surface area contributed by atoms with E-state index in [1.807, 2.05) is 11.8 Å². The summed E-state index contributed by atoms with van der Waals surface area (Å²) in [6, 6.07) is 0.506. The number of rotatable bonds is 2. The minimum absolute atomic E-state index is 0.0691. The van der Waals surface area contributed by atoms with Crippen LogP contribution in [0.3, 0.4) is 0 Å². The molecule has 1 aliphatic rings. The first kappa shape index (κ1) is 11.3. The molecule has 0 aliphatic carbocycles. The molecule has 0 radical (unpaired) electrons. The van der Waals surface area contributed by atoms with Crippen molar-refractivity contribution in [3.63, 3.8) is 0 Å². The topological polar surface area (TPSA) is 44.4 Å². The Morgan fingerprint density at radius 2 is 2.36 bits per heavy atom. The number of carbonyl (C=O) groups is 1. The second kappa shape index (κ2) is 5.20. The van der Waals surface area contributed by atoms with E-state index in [0.29, 0.717) is 18.5 Å². The van der Waals surface area contributed by atoms with Crippen LogP contribution in [0.1, 0.15) is 20.8 Å². The highest BCUT2D eigenvalue weighted by Gasteiger charge is 2.24. The van der Waals surface area contributed by atoms with Gasteiger partial charge in [0.15, 0.2) is 0 Å². The standard InChI is InChI=1S/C10H21N3O/c1-4-11-10(14)13-6-5-12-9(7-13)8(2)3/h8-9,12H,4-7H2,1-3H3,(H,11,14). The van der Waals surface area contributed by atoms with Gasteiger partial charge in [-0.1, -0.05) is 13.8 Å². The number of nitrogens with zero attached hydrogens (tertiary/aromatic N) is 1. The molecule has 1 heterocycles. The summed E-state index contributed by atoms with van der Waals surface area (Å²) >= 11 is 0. The molecule has 1 rings (SSSR count). The number of piperazine rings is 1. The van der Waals surface area contributed by atoms with Crippen molar-refractivity contribution in [1.82, 2.24) is 15.5 Å². The zero-order chi connectivity index (χ0) is 10.6. The summed E-state index contributed by atoms with van der Waals surface area (Å²) in [5.41, 5.74) is 0. The third-order valence-electron chi connectivity index (χ3n) is 2.63. The van der Waals surface area contributed by atoms with E-state index in [2.05, 4.69) is 24.5 Å². The third kappa shape index (κ3) is 2.87. The largest absolute Gasteiger partial charge is 0.338 e. The van der Waals surface area contributed by atoms with Crippen molar-refractivity contribution in [3.8, 4) is 0 Å². The molecule has 2 N–H and O–H groups in total. The lowest BCUT2D eigenvalue weighted by Gasteiger charge is -2.35. The summed E-state index contributed by atoms with van der Waals surface area (Å²) < 4.78 is 0. The molecule has 1 unspecified atom stereocenters. The van der Waals surface area contributed by atoms with Gasteiger partial charge in [0.05, 0.1) is 0 Å². The molecule has 0 saturated carbocycles. The second-order valence-corrected chi connectivity index (χ2v) is 4.09. The SMILES string of the molecule is CCNC(=O)N1CCNC(C(C)C)C1. The quantitative estimate of drug-likeness (QED) is 0.685. The lowest BCUT2D eigenvalue weighted by atomic mass is 10.0. The summed E-state index contributed by atoms with van der Waals surface area (Å²) in [7, 11) is 0. The van der Waals surface area contributed by atoms with Gasteiger partial charge in [-0.15, -0.1) is 0 Å². The Bertz CT molecular complexity index is 194. The first-order valence-electron chi connectivity index (χ1n) is 5.41. The Hall–Kier alpha value is -0.770. The molecule has 1 fully saturated rings. The minimum atomic E-state index is 0.0691.